The third-order valence-corrected chi connectivity index (χ3v) is 14.0. The zero-order valence-electron chi connectivity index (χ0n) is 41.4. The lowest BCUT2D eigenvalue weighted by atomic mass is 9.85. The zero-order valence-corrected chi connectivity index (χ0v) is 42.2. The fourth-order valence-corrected chi connectivity index (χ4v) is 9.88. The number of amides is 5. The number of likely N-dealkylation sites (tertiary alicyclic amines) is 1. The molecule has 2 aliphatic heterocycles. The van der Waals surface area contributed by atoms with Crippen LogP contribution in [0.3, 0.4) is 0 Å². The molecule has 2 aliphatic rings. The Morgan fingerprint density at radius 2 is 1.67 bits per heavy atom. The molecule has 3 aromatic heterocycles. The van der Waals surface area contributed by atoms with Gasteiger partial charge in [-0.2, -0.15) is 0 Å². The first-order valence-electron chi connectivity index (χ1n) is 24.2. The van der Waals surface area contributed by atoms with Crippen molar-refractivity contribution in [1.29, 1.82) is 0 Å². The minimum atomic E-state index is -1.00. The molecule has 0 bridgehead atoms. The number of nitrogens with one attached hydrogen (secondary N) is 3. The van der Waals surface area contributed by atoms with Gasteiger partial charge in [0.25, 0.3) is 5.91 Å². The largest absolute Gasteiger partial charge is 0.496 e. The molecule has 2 saturated heterocycles. The standard InChI is InChI=1S/C54H59FN10O7S/c1-33-48(73-32-59-33)35-16-14-34(15-17-35)29-58-52(70)43-28-38(66)31-65(43)53(71)49(54(2,3)4)62-45(67)12-7-13-46(68)64-25-23-63(24-26-64)42-27-36(37-9-8-21-56-30-37)18-19-40(42)61-51(69)41-20-22-57-50(60-41)47-39(55)10-6-11-44(47)72-5/h6,8-11,14-22,27,30,32,38,43,49,66H,7,12-13,23-26,28-29,31H2,1-5H3,(H,58,70)(H,61,69)(H,62,67)/t38-,43+,49-/m1/s1. The molecule has 2 fully saturated rings. The van der Waals surface area contributed by atoms with E-state index in [1.54, 1.807) is 46.3 Å². The Kier molecular flexibility index (Phi) is 16.2. The van der Waals surface area contributed by atoms with E-state index in [0.717, 1.165) is 32.8 Å². The summed E-state index contributed by atoms with van der Waals surface area (Å²) in [5, 5.41) is 19.5. The Morgan fingerprint density at radius 3 is 2.37 bits per heavy atom. The average molecular weight is 1010 g/mol. The lowest BCUT2D eigenvalue weighted by molar-refractivity contribution is -0.144. The van der Waals surface area contributed by atoms with Crippen molar-refractivity contribution in [1.82, 2.24) is 40.4 Å². The van der Waals surface area contributed by atoms with E-state index in [9.17, 15) is 33.5 Å². The van der Waals surface area contributed by atoms with Crippen LogP contribution in [0, 0.1) is 18.2 Å². The molecule has 5 amide bonds. The highest BCUT2D eigenvalue weighted by atomic mass is 32.1. The Bertz CT molecular complexity index is 2960. The van der Waals surface area contributed by atoms with E-state index in [4.69, 9.17) is 4.74 Å². The number of carbonyl (C=O) groups is 5. The van der Waals surface area contributed by atoms with Crippen LogP contribution in [-0.2, 0) is 25.7 Å². The van der Waals surface area contributed by atoms with E-state index in [0.29, 0.717) is 37.6 Å². The summed E-state index contributed by atoms with van der Waals surface area (Å²) in [6, 6.07) is 21.1. The number of nitrogens with zero attached hydrogens (tertiary/aromatic N) is 7. The van der Waals surface area contributed by atoms with Crippen molar-refractivity contribution in [2.45, 2.75) is 78.1 Å². The highest BCUT2D eigenvalue weighted by molar-refractivity contribution is 7.13. The Morgan fingerprint density at radius 1 is 0.904 bits per heavy atom. The molecule has 4 N–H and O–H groups in total. The third-order valence-electron chi connectivity index (χ3n) is 13.0. The SMILES string of the molecule is COc1cccc(F)c1-c1nccc(C(=O)Nc2ccc(-c3cccnc3)cc2N2CCN(C(=O)CCCC(=O)N[C@H](C(=O)N3C[C@H](O)C[C@H]3C(=O)NCc3ccc(-c4scnc4C)cc3)C(C)(C)C)CC2)n1. The number of β-amino-alcohol motifs (C(OH)–C–C–N with tert-alkyl or cyclic N) is 1. The summed E-state index contributed by atoms with van der Waals surface area (Å²) in [5.74, 6) is -2.30. The molecule has 0 radical (unpaired) electrons. The van der Waals surface area contributed by atoms with Gasteiger partial charge < -0.3 is 40.5 Å². The van der Waals surface area contributed by atoms with E-state index in [2.05, 4.69) is 40.8 Å². The van der Waals surface area contributed by atoms with Crippen molar-refractivity contribution in [3.05, 3.63) is 126 Å². The topological polar surface area (TPSA) is 212 Å². The number of methoxy groups -OCH3 is 1. The van der Waals surface area contributed by atoms with Crippen LogP contribution in [-0.4, -0.2) is 122 Å². The van der Waals surface area contributed by atoms with Crippen molar-refractivity contribution in [2.75, 3.05) is 50.1 Å². The summed E-state index contributed by atoms with van der Waals surface area (Å²) >= 11 is 1.56. The van der Waals surface area contributed by atoms with Gasteiger partial charge in [0.15, 0.2) is 5.82 Å². The maximum absolute atomic E-state index is 14.9. The maximum atomic E-state index is 14.9. The number of halogens is 1. The van der Waals surface area contributed by atoms with Gasteiger partial charge in [-0.05, 0) is 71.8 Å². The number of aliphatic hydroxyl groups excluding tert-OH is 1. The highest BCUT2D eigenvalue weighted by Crippen LogP contribution is 2.35. The van der Waals surface area contributed by atoms with E-state index < -0.39 is 53.0 Å². The first-order valence-corrected chi connectivity index (χ1v) is 25.1. The molecule has 0 aliphatic carbocycles. The molecule has 3 aromatic carbocycles. The molecule has 3 atom stereocenters. The molecule has 19 heteroatoms. The number of piperazine rings is 1. The number of aliphatic hydroxyl groups is 1. The zero-order chi connectivity index (χ0) is 51.8. The van der Waals surface area contributed by atoms with Gasteiger partial charge in [0.1, 0.15) is 29.3 Å². The number of anilines is 2. The number of benzene rings is 3. The minimum absolute atomic E-state index is 0.00644. The van der Waals surface area contributed by atoms with Crippen LogP contribution < -0.4 is 25.6 Å². The summed E-state index contributed by atoms with van der Waals surface area (Å²) in [5.41, 5.74) is 6.91. The smallest absolute Gasteiger partial charge is 0.274 e. The molecule has 0 spiro atoms. The minimum Gasteiger partial charge on any atom is -0.496 e. The number of aryl methyl sites for hydroxylation is 1. The van der Waals surface area contributed by atoms with Crippen molar-refractivity contribution in [2.24, 2.45) is 5.41 Å². The van der Waals surface area contributed by atoms with Crippen molar-refractivity contribution in [3.63, 3.8) is 0 Å². The van der Waals surface area contributed by atoms with E-state index in [1.165, 1.54) is 36.4 Å². The maximum Gasteiger partial charge on any atom is 0.274 e. The Hall–Kier alpha value is -7.64. The first kappa shape index (κ1) is 51.7. The number of carbonyl (C=O) groups excluding carboxylic acids is 5. The molecule has 380 valence electrons. The molecule has 0 saturated carbocycles. The van der Waals surface area contributed by atoms with Gasteiger partial charge >= 0.3 is 0 Å². The number of hydrogen-bond acceptors (Lipinski definition) is 13. The highest BCUT2D eigenvalue weighted by Gasteiger charge is 2.44. The average Bonchev–Trinajstić information content (AvgIpc) is 4.02. The van der Waals surface area contributed by atoms with Crippen LogP contribution >= 0.6 is 11.3 Å². The molecule has 73 heavy (non-hydrogen) atoms. The molecule has 5 heterocycles. The number of hydrogen-bond donors (Lipinski definition) is 4. The summed E-state index contributed by atoms with van der Waals surface area (Å²) in [6.07, 6.45) is 4.32. The summed E-state index contributed by atoms with van der Waals surface area (Å²) < 4.78 is 20.3. The van der Waals surface area contributed by atoms with Crippen LogP contribution in [0.4, 0.5) is 15.8 Å². The van der Waals surface area contributed by atoms with E-state index >= 15 is 0 Å². The van der Waals surface area contributed by atoms with Crippen LogP contribution in [0.1, 0.15) is 68.2 Å². The lowest BCUT2D eigenvalue weighted by Gasteiger charge is -2.37. The van der Waals surface area contributed by atoms with Crippen LogP contribution in [0.2, 0.25) is 0 Å². The Balaban J connectivity index is 0.854. The van der Waals surface area contributed by atoms with Crippen LogP contribution in [0.25, 0.3) is 33.0 Å². The second-order valence-electron chi connectivity index (χ2n) is 19.2. The van der Waals surface area contributed by atoms with Gasteiger partial charge in [-0.3, -0.25) is 29.0 Å². The van der Waals surface area contributed by atoms with Gasteiger partial charge in [0.05, 0.1) is 46.2 Å². The molecule has 6 aromatic rings. The normalized spacial score (nSPS) is 16.2. The van der Waals surface area contributed by atoms with Gasteiger partial charge in [0.2, 0.25) is 23.6 Å². The molecular weight excluding hydrogens is 952 g/mol. The second kappa shape index (κ2) is 22.8. The number of thiazole rings is 1. The quantitative estimate of drug-likeness (QED) is 0.0802. The summed E-state index contributed by atoms with van der Waals surface area (Å²) in [7, 11) is 1.41. The van der Waals surface area contributed by atoms with Crippen molar-refractivity contribution in [3.8, 4) is 38.7 Å². The third kappa shape index (κ3) is 12.3. The van der Waals surface area contributed by atoms with Gasteiger partial charge in [-0.15, -0.1) is 11.3 Å². The van der Waals surface area contributed by atoms with Crippen molar-refractivity contribution >= 4 is 52.2 Å². The fourth-order valence-electron chi connectivity index (χ4n) is 9.06. The van der Waals surface area contributed by atoms with E-state index in [1.807, 2.05) is 76.2 Å². The number of pyridine rings is 1. The van der Waals surface area contributed by atoms with Gasteiger partial charge in [-0.1, -0.05) is 63.2 Å². The van der Waals surface area contributed by atoms with Crippen molar-refractivity contribution < 1.29 is 38.2 Å². The Labute approximate surface area is 427 Å². The number of rotatable bonds is 16. The number of ether oxygens (including phenoxy) is 1. The fraction of sp³-hybridized carbons (Fsp3) is 0.352. The predicted octanol–water partition coefficient (Wildman–Crippen LogP) is 6.67. The van der Waals surface area contributed by atoms with E-state index in [-0.39, 0.29) is 67.5 Å². The van der Waals surface area contributed by atoms with Crippen LogP contribution in [0.15, 0.2) is 103 Å². The molecule has 17 nitrogen and oxygen atoms in total. The first-order chi connectivity index (χ1) is 35.1. The molecular formula is C54H59FN10O7S. The number of aromatic nitrogens is 4. The summed E-state index contributed by atoms with van der Waals surface area (Å²) in [6.45, 7) is 9.26. The molecule has 8 rings (SSSR count). The van der Waals surface area contributed by atoms with Gasteiger partial charge in [-0.25, -0.2) is 19.3 Å². The predicted molar refractivity (Wildman–Crippen MR) is 276 cm³/mol. The van der Waals surface area contributed by atoms with Crippen LogP contribution in [0.5, 0.6) is 5.75 Å². The van der Waals surface area contributed by atoms with Gasteiger partial charge in [0, 0.05) is 82.7 Å². The molecule has 0 unspecified atom stereocenters. The summed E-state index contributed by atoms with van der Waals surface area (Å²) in [4.78, 5) is 92.1. The lowest BCUT2D eigenvalue weighted by Crippen LogP contribution is -2.57. The monoisotopic (exact) mass is 1010 g/mol. The second-order valence-corrected chi connectivity index (χ2v) is 20.0.